The summed E-state index contributed by atoms with van der Waals surface area (Å²) in [4.78, 5) is 16.2. The first-order valence-electron chi connectivity index (χ1n) is 8.33. The molecule has 4 nitrogen and oxygen atoms in total. The first-order valence-corrected chi connectivity index (χ1v) is 8.33. The Morgan fingerprint density at radius 1 is 1.20 bits per heavy atom. The Balaban J connectivity index is 1.58. The van der Waals surface area contributed by atoms with Crippen LogP contribution in [0.5, 0.6) is 0 Å². The van der Waals surface area contributed by atoms with Crippen molar-refractivity contribution in [3.8, 4) is 0 Å². The van der Waals surface area contributed by atoms with Crippen molar-refractivity contribution in [3.63, 3.8) is 0 Å². The fourth-order valence-electron chi connectivity index (χ4n) is 3.07. The summed E-state index contributed by atoms with van der Waals surface area (Å²) < 4.78 is 14.1. The molecule has 0 unspecified atom stereocenters. The summed E-state index contributed by atoms with van der Waals surface area (Å²) in [5.74, 6) is 0.286. The zero-order valence-electron chi connectivity index (χ0n) is 13.6. The third kappa shape index (κ3) is 3.18. The maximum Gasteiger partial charge on any atom is 0.249 e. The minimum Gasteiger partial charge on any atom is -0.366 e. The second kappa shape index (κ2) is 6.16. The zero-order chi connectivity index (χ0) is 17.4. The number of para-hydroxylation sites is 1. The number of primary amides is 1. The molecule has 3 aromatic rings. The van der Waals surface area contributed by atoms with Gasteiger partial charge < -0.3 is 11.1 Å². The first kappa shape index (κ1) is 15.6. The molecule has 1 fully saturated rings. The monoisotopic (exact) mass is 335 g/mol. The van der Waals surface area contributed by atoms with E-state index in [1.54, 1.807) is 12.1 Å². The number of hydrogen-bond acceptors (Lipinski definition) is 3. The number of carbonyl (C=O) groups excluding carboxylic acids is 1. The summed E-state index contributed by atoms with van der Waals surface area (Å²) in [5, 5.41) is 3.88. The maximum atomic E-state index is 14.1. The fraction of sp³-hybridized carbons (Fsp3) is 0.200. The SMILES string of the molecule is NC(=O)c1cc(NCc2ccc(C3CC3)c(F)c2)nc2ccccc12. The number of halogens is 1. The molecule has 0 saturated heterocycles. The van der Waals surface area contributed by atoms with Crippen LogP contribution in [0.2, 0.25) is 0 Å². The lowest BCUT2D eigenvalue weighted by atomic mass is 10.1. The normalized spacial score (nSPS) is 13.8. The van der Waals surface area contributed by atoms with Crippen molar-refractivity contribution in [3.05, 3.63) is 71.0 Å². The Kier molecular flexibility index (Phi) is 3.84. The highest BCUT2D eigenvalue weighted by Crippen LogP contribution is 2.41. The van der Waals surface area contributed by atoms with Crippen LogP contribution in [0.25, 0.3) is 10.9 Å². The Labute approximate surface area is 144 Å². The highest BCUT2D eigenvalue weighted by atomic mass is 19.1. The van der Waals surface area contributed by atoms with Gasteiger partial charge in [-0.05, 0) is 48.1 Å². The van der Waals surface area contributed by atoms with Crippen molar-refractivity contribution < 1.29 is 9.18 Å². The van der Waals surface area contributed by atoms with Crippen LogP contribution in [0.15, 0.2) is 48.5 Å². The van der Waals surface area contributed by atoms with Crippen LogP contribution in [-0.4, -0.2) is 10.9 Å². The van der Waals surface area contributed by atoms with E-state index in [4.69, 9.17) is 5.73 Å². The molecule has 4 rings (SSSR count). The van der Waals surface area contributed by atoms with Crippen molar-refractivity contribution in [2.75, 3.05) is 5.32 Å². The summed E-state index contributed by atoms with van der Waals surface area (Å²) in [7, 11) is 0. The van der Waals surface area contributed by atoms with E-state index in [0.717, 1.165) is 29.4 Å². The molecule has 1 aliphatic carbocycles. The molecule has 1 saturated carbocycles. The van der Waals surface area contributed by atoms with Crippen molar-refractivity contribution in [2.45, 2.75) is 25.3 Å². The largest absolute Gasteiger partial charge is 0.366 e. The van der Waals surface area contributed by atoms with Gasteiger partial charge in [-0.2, -0.15) is 0 Å². The molecule has 2 aromatic carbocycles. The number of fused-ring (bicyclic) bond motifs is 1. The van der Waals surface area contributed by atoms with Gasteiger partial charge in [0.1, 0.15) is 11.6 Å². The van der Waals surface area contributed by atoms with Crippen LogP contribution in [-0.2, 0) is 6.54 Å². The third-order valence-corrected chi connectivity index (χ3v) is 4.54. The van der Waals surface area contributed by atoms with E-state index in [1.807, 2.05) is 36.4 Å². The van der Waals surface area contributed by atoms with E-state index in [2.05, 4.69) is 10.3 Å². The van der Waals surface area contributed by atoms with Gasteiger partial charge in [0.05, 0.1) is 11.1 Å². The Morgan fingerprint density at radius 3 is 2.72 bits per heavy atom. The van der Waals surface area contributed by atoms with Crippen LogP contribution in [0.4, 0.5) is 10.2 Å². The number of carbonyl (C=O) groups is 1. The number of aromatic nitrogens is 1. The van der Waals surface area contributed by atoms with E-state index in [-0.39, 0.29) is 5.82 Å². The average Bonchev–Trinajstić information content (AvgIpc) is 3.44. The summed E-state index contributed by atoms with van der Waals surface area (Å²) >= 11 is 0. The van der Waals surface area contributed by atoms with E-state index >= 15 is 0 Å². The van der Waals surface area contributed by atoms with Gasteiger partial charge in [-0.25, -0.2) is 9.37 Å². The number of amides is 1. The predicted molar refractivity (Wildman–Crippen MR) is 96.0 cm³/mol. The molecule has 25 heavy (non-hydrogen) atoms. The molecule has 1 aliphatic rings. The van der Waals surface area contributed by atoms with Gasteiger partial charge in [-0.1, -0.05) is 30.3 Å². The molecule has 0 atom stereocenters. The standard InChI is InChI=1S/C20H18FN3O/c21-17-9-12(5-8-14(17)13-6-7-13)11-23-19-10-16(20(22)25)15-3-1-2-4-18(15)24-19/h1-5,8-10,13H,6-7,11H2,(H2,22,25)(H,23,24). The maximum absolute atomic E-state index is 14.1. The molecule has 0 bridgehead atoms. The molecule has 5 heteroatoms. The van der Waals surface area contributed by atoms with Gasteiger partial charge in [0.2, 0.25) is 5.91 Å². The Morgan fingerprint density at radius 2 is 2.00 bits per heavy atom. The lowest BCUT2D eigenvalue weighted by molar-refractivity contribution is 0.100. The molecule has 0 aliphatic heterocycles. The van der Waals surface area contributed by atoms with E-state index in [0.29, 0.717) is 29.4 Å². The van der Waals surface area contributed by atoms with Crippen LogP contribution in [0.1, 0.15) is 40.2 Å². The summed E-state index contributed by atoms with van der Waals surface area (Å²) in [6.07, 6.45) is 2.15. The van der Waals surface area contributed by atoms with E-state index < -0.39 is 5.91 Å². The highest BCUT2D eigenvalue weighted by Gasteiger charge is 2.26. The second-order valence-corrected chi connectivity index (χ2v) is 6.42. The van der Waals surface area contributed by atoms with Gasteiger partial charge in [-0.3, -0.25) is 4.79 Å². The number of nitrogens with one attached hydrogen (secondary N) is 1. The Hall–Kier alpha value is -2.95. The number of anilines is 1. The van der Waals surface area contributed by atoms with Gasteiger partial charge in [0.25, 0.3) is 0 Å². The van der Waals surface area contributed by atoms with Gasteiger partial charge in [-0.15, -0.1) is 0 Å². The predicted octanol–water partition coefficient (Wildman–Crippen LogP) is 3.96. The molecule has 3 N–H and O–H groups in total. The van der Waals surface area contributed by atoms with Crippen LogP contribution in [0, 0.1) is 5.82 Å². The number of benzene rings is 2. The van der Waals surface area contributed by atoms with Crippen molar-refractivity contribution in [2.24, 2.45) is 5.73 Å². The zero-order valence-corrected chi connectivity index (χ0v) is 13.6. The third-order valence-electron chi connectivity index (χ3n) is 4.54. The molecule has 1 aromatic heterocycles. The van der Waals surface area contributed by atoms with E-state index in [1.165, 1.54) is 0 Å². The number of nitrogens with zero attached hydrogens (tertiary/aromatic N) is 1. The number of rotatable bonds is 5. The fourth-order valence-corrected chi connectivity index (χ4v) is 3.07. The lowest BCUT2D eigenvalue weighted by Gasteiger charge is -2.10. The van der Waals surface area contributed by atoms with Crippen molar-refractivity contribution >= 4 is 22.6 Å². The van der Waals surface area contributed by atoms with Crippen molar-refractivity contribution in [1.82, 2.24) is 4.98 Å². The summed E-state index contributed by atoms with van der Waals surface area (Å²) in [6.45, 7) is 0.422. The summed E-state index contributed by atoms with van der Waals surface area (Å²) in [6, 6.07) is 14.3. The molecular formula is C20H18FN3O. The smallest absolute Gasteiger partial charge is 0.249 e. The number of hydrogen-bond donors (Lipinski definition) is 2. The van der Waals surface area contributed by atoms with Crippen LogP contribution < -0.4 is 11.1 Å². The lowest BCUT2D eigenvalue weighted by Crippen LogP contribution is -2.13. The molecule has 126 valence electrons. The highest BCUT2D eigenvalue weighted by molar-refractivity contribution is 6.06. The number of pyridine rings is 1. The molecular weight excluding hydrogens is 317 g/mol. The van der Waals surface area contributed by atoms with Gasteiger partial charge >= 0.3 is 0 Å². The number of nitrogens with two attached hydrogens (primary N) is 1. The minimum absolute atomic E-state index is 0.147. The summed E-state index contributed by atoms with van der Waals surface area (Å²) in [5.41, 5.74) is 8.23. The topological polar surface area (TPSA) is 68.0 Å². The quantitative estimate of drug-likeness (QED) is 0.741. The van der Waals surface area contributed by atoms with Crippen LogP contribution in [0.3, 0.4) is 0 Å². The first-order chi connectivity index (χ1) is 12.1. The molecule has 1 amide bonds. The van der Waals surface area contributed by atoms with Gasteiger partial charge in [0, 0.05) is 11.9 Å². The average molecular weight is 335 g/mol. The van der Waals surface area contributed by atoms with Gasteiger partial charge in [0.15, 0.2) is 0 Å². The van der Waals surface area contributed by atoms with Crippen LogP contribution >= 0.6 is 0 Å². The van der Waals surface area contributed by atoms with Crippen molar-refractivity contribution in [1.29, 1.82) is 0 Å². The molecule has 0 radical (unpaired) electrons. The Bertz CT molecular complexity index is 966. The minimum atomic E-state index is -0.499. The molecule has 1 heterocycles. The molecule has 0 spiro atoms. The second-order valence-electron chi connectivity index (χ2n) is 6.42. The van der Waals surface area contributed by atoms with E-state index in [9.17, 15) is 9.18 Å².